The van der Waals surface area contributed by atoms with Crippen LogP contribution in [-0.2, 0) is 0 Å². The normalized spacial score (nSPS) is 10.3. The van der Waals surface area contributed by atoms with Crippen molar-refractivity contribution in [2.75, 3.05) is 5.32 Å². The van der Waals surface area contributed by atoms with Crippen LogP contribution in [0.25, 0.3) is 0 Å². The van der Waals surface area contributed by atoms with Gasteiger partial charge in [0.25, 0.3) is 0 Å². The molecule has 4 nitrogen and oxygen atoms in total. The number of nitrogens with zero attached hydrogens (tertiary/aromatic N) is 1. The van der Waals surface area contributed by atoms with E-state index in [2.05, 4.69) is 10.3 Å². The summed E-state index contributed by atoms with van der Waals surface area (Å²) in [5.74, 6) is -0.807. The number of rotatable bonds is 3. The minimum atomic E-state index is -1.18. The maximum atomic E-state index is 10.9. The molecule has 2 rings (SSSR count). The molecule has 0 saturated carbocycles. The molecule has 1 heterocycles. The fraction of sp³-hybridized carbons (Fsp3) is 0.0769. The lowest BCUT2D eigenvalue weighted by molar-refractivity contribution is 0.0691. The Morgan fingerprint density at radius 2 is 1.89 bits per heavy atom. The molecule has 6 heteroatoms. The lowest BCUT2D eigenvalue weighted by Crippen LogP contribution is -2.04. The molecule has 98 valence electrons. The monoisotopic (exact) mass is 296 g/mol. The zero-order valence-electron chi connectivity index (χ0n) is 9.95. The van der Waals surface area contributed by atoms with E-state index in [-0.39, 0.29) is 10.7 Å². The number of carbonyl (C=O) groups is 1. The van der Waals surface area contributed by atoms with Crippen molar-refractivity contribution in [3.63, 3.8) is 0 Å². The lowest BCUT2D eigenvalue weighted by Gasteiger charge is -2.09. The molecule has 0 spiro atoms. The Morgan fingerprint density at radius 1 is 1.21 bits per heavy atom. The first-order valence-electron chi connectivity index (χ1n) is 5.40. The Balaban J connectivity index is 2.36. The van der Waals surface area contributed by atoms with Crippen molar-refractivity contribution >= 4 is 40.7 Å². The van der Waals surface area contributed by atoms with Crippen LogP contribution in [-0.4, -0.2) is 16.1 Å². The van der Waals surface area contributed by atoms with Crippen LogP contribution in [0.5, 0.6) is 0 Å². The third-order valence-electron chi connectivity index (χ3n) is 2.43. The second-order valence-electron chi connectivity index (χ2n) is 3.94. The molecule has 2 N–H and O–H groups in total. The standard InChI is InChI=1S/C13H10Cl2N2O2/c1-7-2-3-8(14)10(6-7)16-11-5-4-9(15)12(17-11)13(18)19/h2-6H,1H3,(H,16,17)(H,18,19). The molecular formula is C13H10Cl2N2O2. The van der Waals surface area contributed by atoms with Crippen LogP contribution in [0.15, 0.2) is 30.3 Å². The molecule has 0 amide bonds. The zero-order chi connectivity index (χ0) is 14.0. The van der Waals surface area contributed by atoms with Gasteiger partial charge in [0, 0.05) is 0 Å². The molecule has 2 aromatic rings. The van der Waals surface area contributed by atoms with Crippen LogP contribution in [0.3, 0.4) is 0 Å². The summed E-state index contributed by atoms with van der Waals surface area (Å²) in [5.41, 5.74) is 1.49. The Hall–Kier alpha value is -1.78. The predicted molar refractivity (Wildman–Crippen MR) is 75.7 cm³/mol. The van der Waals surface area contributed by atoms with Crippen molar-refractivity contribution in [1.82, 2.24) is 4.98 Å². The van der Waals surface area contributed by atoms with Gasteiger partial charge in [0.1, 0.15) is 5.82 Å². The van der Waals surface area contributed by atoms with Gasteiger partial charge in [-0.05, 0) is 36.8 Å². The second-order valence-corrected chi connectivity index (χ2v) is 4.75. The number of aromatic carboxylic acids is 1. The third-order valence-corrected chi connectivity index (χ3v) is 3.07. The van der Waals surface area contributed by atoms with Gasteiger partial charge in [0.05, 0.1) is 15.7 Å². The van der Waals surface area contributed by atoms with Gasteiger partial charge >= 0.3 is 5.97 Å². The molecule has 0 aliphatic rings. The van der Waals surface area contributed by atoms with Crippen molar-refractivity contribution < 1.29 is 9.90 Å². The van der Waals surface area contributed by atoms with E-state index in [0.29, 0.717) is 16.5 Å². The average molecular weight is 297 g/mol. The van der Waals surface area contributed by atoms with Gasteiger partial charge in [0.2, 0.25) is 0 Å². The number of nitrogens with one attached hydrogen (secondary N) is 1. The van der Waals surface area contributed by atoms with E-state index in [4.69, 9.17) is 28.3 Å². The molecule has 1 aromatic heterocycles. The van der Waals surface area contributed by atoms with E-state index < -0.39 is 5.97 Å². The summed E-state index contributed by atoms with van der Waals surface area (Å²) in [5, 5.41) is 12.5. The largest absolute Gasteiger partial charge is 0.476 e. The molecule has 0 saturated heterocycles. The Morgan fingerprint density at radius 3 is 2.58 bits per heavy atom. The number of hydrogen-bond acceptors (Lipinski definition) is 3. The van der Waals surface area contributed by atoms with Crippen LogP contribution in [0.1, 0.15) is 16.1 Å². The van der Waals surface area contributed by atoms with E-state index >= 15 is 0 Å². The second kappa shape index (κ2) is 5.47. The number of pyridine rings is 1. The van der Waals surface area contributed by atoms with Crippen LogP contribution in [0, 0.1) is 6.92 Å². The van der Waals surface area contributed by atoms with Gasteiger partial charge in [-0.25, -0.2) is 9.78 Å². The first-order chi connectivity index (χ1) is 8.97. The zero-order valence-corrected chi connectivity index (χ0v) is 11.5. The summed E-state index contributed by atoms with van der Waals surface area (Å²) < 4.78 is 0. The Kier molecular flexibility index (Phi) is 3.93. The van der Waals surface area contributed by atoms with E-state index in [9.17, 15) is 4.79 Å². The number of benzene rings is 1. The van der Waals surface area contributed by atoms with Crippen LogP contribution >= 0.6 is 23.2 Å². The lowest BCUT2D eigenvalue weighted by atomic mass is 10.2. The molecule has 1 aromatic carbocycles. The first-order valence-corrected chi connectivity index (χ1v) is 6.16. The number of aromatic nitrogens is 1. The summed E-state index contributed by atoms with van der Waals surface area (Å²) in [7, 11) is 0. The molecular weight excluding hydrogens is 287 g/mol. The first kappa shape index (κ1) is 13.6. The molecule has 0 fully saturated rings. The molecule has 0 unspecified atom stereocenters. The highest BCUT2D eigenvalue weighted by atomic mass is 35.5. The highest BCUT2D eigenvalue weighted by molar-refractivity contribution is 6.33. The average Bonchev–Trinajstić information content (AvgIpc) is 2.36. The van der Waals surface area contributed by atoms with Gasteiger partial charge < -0.3 is 10.4 Å². The van der Waals surface area contributed by atoms with E-state index in [1.54, 1.807) is 12.1 Å². The van der Waals surface area contributed by atoms with Gasteiger partial charge in [0.15, 0.2) is 5.69 Å². The maximum Gasteiger partial charge on any atom is 0.356 e. The van der Waals surface area contributed by atoms with Gasteiger partial charge in [-0.1, -0.05) is 29.3 Å². The van der Waals surface area contributed by atoms with Crippen molar-refractivity contribution in [3.8, 4) is 0 Å². The van der Waals surface area contributed by atoms with Crippen molar-refractivity contribution in [1.29, 1.82) is 0 Å². The van der Waals surface area contributed by atoms with Gasteiger partial charge in [-0.2, -0.15) is 0 Å². The van der Waals surface area contributed by atoms with Gasteiger partial charge in [-0.15, -0.1) is 0 Å². The topological polar surface area (TPSA) is 62.2 Å². The molecule has 0 aliphatic carbocycles. The summed E-state index contributed by atoms with van der Waals surface area (Å²) in [6.07, 6.45) is 0. The van der Waals surface area contributed by atoms with Gasteiger partial charge in [-0.3, -0.25) is 0 Å². The van der Waals surface area contributed by atoms with E-state index in [1.165, 1.54) is 6.07 Å². The summed E-state index contributed by atoms with van der Waals surface area (Å²) in [6.45, 7) is 1.93. The van der Waals surface area contributed by atoms with Crippen molar-refractivity contribution in [2.45, 2.75) is 6.92 Å². The fourth-order valence-corrected chi connectivity index (χ4v) is 1.89. The highest BCUT2D eigenvalue weighted by Gasteiger charge is 2.12. The SMILES string of the molecule is Cc1ccc(Cl)c(Nc2ccc(Cl)c(C(=O)O)n2)c1. The number of aryl methyl sites for hydroxylation is 1. The summed E-state index contributed by atoms with van der Waals surface area (Å²) >= 11 is 11.8. The maximum absolute atomic E-state index is 10.9. The number of halogens is 2. The van der Waals surface area contributed by atoms with E-state index in [0.717, 1.165) is 5.56 Å². The van der Waals surface area contributed by atoms with Crippen LogP contribution in [0.4, 0.5) is 11.5 Å². The Labute approximate surface area is 120 Å². The molecule has 0 radical (unpaired) electrons. The number of carboxylic acids is 1. The molecule has 0 aliphatic heterocycles. The third kappa shape index (κ3) is 3.16. The predicted octanol–water partition coefficient (Wildman–Crippen LogP) is 4.14. The Bertz CT molecular complexity index is 645. The smallest absolute Gasteiger partial charge is 0.356 e. The van der Waals surface area contributed by atoms with Crippen LogP contribution < -0.4 is 5.32 Å². The fourth-order valence-electron chi connectivity index (χ4n) is 1.53. The quantitative estimate of drug-likeness (QED) is 0.893. The number of anilines is 2. The summed E-state index contributed by atoms with van der Waals surface area (Å²) in [4.78, 5) is 14.9. The highest BCUT2D eigenvalue weighted by Crippen LogP contribution is 2.26. The number of hydrogen-bond donors (Lipinski definition) is 2. The van der Waals surface area contributed by atoms with Crippen molar-refractivity contribution in [3.05, 3.63) is 51.6 Å². The molecule has 0 bridgehead atoms. The van der Waals surface area contributed by atoms with Crippen LogP contribution in [0.2, 0.25) is 10.0 Å². The molecule has 19 heavy (non-hydrogen) atoms. The number of carboxylic acid groups (broad SMARTS) is 1. The summed E-state index contributed by atoms with van der Waals surface area (Å²) in [6, 6.07) is 8.55. The minimum Gasteiger partial charge on any atom is -0.476 e. The van der Waals surface area contributed by atoms with E-state index in [1.807, 2.05) is 19.1 Å². The van der Waals surface area contributed by atoms with Crippen molar-refractivity contribution in [2.24, 2.45) is 0 Å². The minimum absolute atomic E-state index is 0.0911. The molecule has 0 atom stereocenters.